The molecule has 1 aromatic carbocycles. The Morgan fingerprint density at radius 3 is 2.67 bits per heavy atom. The Morgan fingerprint density at radius 1 is 1.50 bits per heavy atom. The van der Waals surface area contributed by atoms with E-state index in [1.165, 1.54) is 0 Å². The Labute approximate surface area is 107 Å². The van der Waals surface area contributed by atoms with Gasteiger partial charge < -0.3 is 14.6 Å². The van der Waals surface area contributed by atoms with Crippen LogP contribution in [0.4, 0.5) is 0 Å². The minimum Gasteiger partial charge on any atom is -0.496 e. The van der Waals surface area contributed by atoms with Crippen molar-refractivity contribution in [1.29, 1.82) is 0 Å². The van der Waals surface area contributed by atoms with Gasteiger partial charge in [0.15, 0.2) is 0 Å². The summed E-state index contributed by atoms with van der Waals surface area (Å²) in [6.07, 6.45) is 1.38. The van der Waals surface area contributed by atoms with Crippen LogP contribution in [0.2, 0.25) is 0 Å². The molecule has 1 N–H and O–H groups in total. The standard InChI is InChI=1S/C14H18O4/c1-3-11-6-10(4-5-12(11)17-2)7-14(13(15)16)8-18-9-14/h4-6H,3,7-9H2,1-2H3,(H,15,16). The molecule has 98 valence electrons. The van der Waals surface area contributed by atoms with Crippen LogP contribution in [0.15, 0.2) is 18.2 Å². The van der Waals surface area contributed by atoms with Gasteiger partial charge in [0.05, 0.1) is 20.3 Å². The SMILES string of the molecule is CCc1cc(CC2(C(=O)O)COC2)ccc1OC. The Hall–Kier alpha value is -1.55. The van der Waals surface area contributed by atoms with Crippen molar-refractivity contribution in [2.45, 2.75) is 19.8 Å². The average Bonchev–Trinajstić information content (AvgIpc) is 2.33. The van der Waals surface area contributed by atoms with Crippen LogP contribution in [0.25, 0.3) is 0 Å². The predicted molar refractivity (Wildman–Crippen MR) is 67.0 cm³/mol. The van der Waals surface area contributed by atoms with Gasteiger partial charge in [-0.15, -0.1) is 0 Å². The van der Waals surface area contributed by atoms with E-state index < -0.39 is 11.4 Å². The van der Waals surface area contributed by atoms with Crippen molar-refractivity contribution in [3.05, 3.63) is 29.3 Å². The van der Waals surface area contributed by atoms with Gasteiger partial charge in [0.2, 0.25) is 0 Å². The van der Waals surface area contributed by atoms with Gasteiger partial charge in [-0.1, -0.05) is 19.1 Å². The molecule has 0 aliphatic carbocycles. The second-order valence-electron chi connectivity index (χ2n) is 4.75. The Morgan fingerprint density at radius 2 is 2.22 bits per heavy atom. The van der Waals surface area contributed by atoms with Crippen LogP contribution in [-0.4, -0.2) is 31.4 Å². The summed E-state index contributed by atoms with van der Waals surface area (Å²) >= 11 is 0. The minimum atomic E-state index is -0.775. The number of methoxy groups -OCH3 is 1. The van der Waals surface area contributed by atoms with Crippen molar-refractivity contribution in [3.63, 3.8) is 0 Å². The van der Waals surface area contributed by atoms with E-state index in [9.17, 15) is 9.90 Å². The zero-order chi connectivity index (χ0) is 13.2. The molecule has 0 saturated carbocycles. The molecule has 4 nitrogen and oxygen atoms in total. The monoisotopic (exact) mass is 250 g/mol. The van der Waals surface area contributed by atoms with E-state index in [4.69, 9.17) is 9.47 Å². The maximum atomic E-state index is 11.3. The van der Waals surface area contributed by atoms with Crippen LogP contribution >= 0.6 is 0 Å². The minimum absolute atomic E-state index is 0.301. The molecule has 2 rings (SSSR count). The van der Waals surface area contributed by atoms with Gasteiger partial charge >= 0.3 is 5.97 Å². The molecule has 1 saturated heterocycles. The Bertz CT molecular complexity index is 449. The number of carboxylic acid groups (broad SMARTS) is 1. The summed E-state index contributed by atoms with van der Waals surface area (Å²) in [4.78, 5) is 11.3. The molecular formula is C14H18O4. The summed E-state index contributed by atoms with van der Waals surface area (Å²) in [5.41, 5.74) is 1.40. The van der Waals surface area contributed by atoms with Crippen molar-refractivity contribution in [2.75, 3.05) is 20.3 Å². The molecule has 18 heavy (non-hydrogen) atoms. The summed E-state index contributed by atoms with van der Waals surface area (Å²) in [5, 5.41) is 9.27. The lowest BCUT2D eigenvalue weighted by molar-refractivity contribution is -0.179. The lowest BCUT2D eigenvalue weighted by Gasteiger charge is -2.37. The van der Waals surface area contributed by atoms with Gasteiger partial charge in [0.1, 0.15) is 11.2 Å². The van der Waals surface area contributed by atoms with E-state index in [0.717, 1.165) is 23.3 Å². The average molecular weight is 250 g/mol. The van der Waals surface area contributed by atoms with Gasteiger partial charge in [0.25, 0.3) is 0 Å². The fraction of sp³-hybridized carbons (Fsp3) is 0.500. The second-order valence-corrected chi connectivity index (χ2v) is 4.75. The number of rotatable bonds is 5. The summed E-state index contributed by atoms with van der Waals surface area (Å²) in [6.45, 7) is 2.66. The Balaban J connectivity index is 2.21. The molecule has 0 spiro atoms. The molecule has 0 bridgehead atoms. The molecular weight excluding hydrogens is 232 g/mol. The van der Waals surface area contributed by atoms with Crippen molar-refractivity contribution >= 4 is 5.97 Å². The smallest absolute Gasteiger partial charge is 0.314 e. The van der Waals surface area contributed by atoms with Crippen LogP contribution in [-0.2, 0) is 22.4 Å². The number of hydrogen-bond acceptors (Lipinski definition) is 3. The summed E-state index contributed by atoms with van der Waals surface area (Å²) in [7, 11) is 1.65. The molecule has 0 radical (unpaired) electrons. The third kappa shape index (κ3) is 2.20. The van der Waals surface area contributed by atoms with E-state index in [1.54, 1.807) is 7.11 Å². The van der Waals surface area contributed by atoms with Crippen LogP contribution in [0.3, 0.4) is 0 Å². The largest absolute Gasteiger partial charge is 0.496 e. The number of carboxylic acids is 1. The number of carbonyl (C=O) groups is 1. The van der Waals surface area contributed by atoms with Crippen LogP contribution in [0.5, 0.6) is 5.75 Å². The first-order valence-corrected chi connectivity index (χ1v) is 6.08. The molecule has 1 heterocycles. The first-order chi connectivity index (χ1) is 8.61. The first-order valence-electron chi connectivity index (χ1n) is 6.08. The van der Waals surface area contributed by atoms with Gasteiger partial charge in [0, 0.05) is 0 Å². The molecule has 1 aliphatic rings. The lowest BCUT2D eigenvalue weighted by Crippen LogP contribution is -2.50. The van der Waals surface area contributed by atoms with Crippen molar-refractivity contribution in [2.24, 2.45) is 5.41 Å². The van der Waals surface area contributed by atoms with Gasteiger partial charge in [-0.2, -0.15) is 0 Å². The highest BCUT2D eigenvalue weighted by molar-refractivity contribution is 5.76. The van der Waals surface area contributed by atoms with E-state index in [-0.39, 0.29) is 0 Å². The maximum absolute atomic E-state index is 11.3. The molecule has 4 heteroatoms. The molecule has 1 aromatic rings. The zero-order valence-electron chi connectivity index (χ0n) is 10.7. The third-order valence-electron chi connectivity index (χ3n) is 3.48. The van der Waals surface area contributed by atoms with Crippen LogP contribution < -0.4 is 4.74 Å². The van der Waals surface area contributed by atoms with E-state index in [1.807, 2.05) is 18.2 Å². The normalized spacial score (nSPS) is 17.0. The molecule has 0 unspecified atom stereocenters. The van der Waals surface area contributed by atoms with Gasteiger partial charge in [-0.3, -0.25) is 4.79 Å². The van der Waals surface area contributed by atoms with E-state index in [0.29, 0.717) is 19.6 Å². The quantitative estimate of drug-likeness (QED) is 0.867. The van der Waals surface area contributed by atoms with Crippen molar-refractivity contribution in [3.8, 4) is 5.75 Å². The highest BCUT2D eigenvalue weighted by Gasteiger charge is 2.46. The summed E-state index contributed by atoms with van der Waals surface area (Å²) in [5.74, 6) is 0.0816. The highest BCUT2D eigenvalue weighted by Crippen LogP contribution is 2.33. The Kier molecular flexibility index (Phi) is 3.57. The van der Waals surface area contributed by atoms with E-state index >= 15 is 0 Å². The van der Waals surface area contributed by atoms with Gasteiger partial charge in [-0.25, -0.2) is 0 Å². The molecule has 1 fully saturated rings. The van der Waals surface area contributed by atoms with E-state index in [2.05, 4.69) is 6.92 Å². The fourth-order valence-corrected chi connectivity index (χ4v) is 2.26. The maximum Gasteiger partial charge on any atom is 0.314 e. The first kappa shape index (κ1) is 12.9. The second kappa shape index (κ2) is 4.98. The molecule has 0 amide bonds. The predicted octanol–water partition coefficient (Wildman–Crippen LogP) is 1.90. The number of hydrogen-bond donors (Lipinski definition) is 1. The third-order valence-corrected chi connectivity index (χ3v) is 3.48. The van der Waals surface area contributed by atoms with Crippen molar-refractivity contribution in [1.82, 2.24) is 0 Å². The molecule has 0 aromatic heterocycles. The number of ether oxygens (including phenoxy) is 2. The summed E-state index contributed by atoms with van der Waals surface area (Å²) < 4.78 is 10.3. The molecule has 1 aliphatic heterocycles. The molecule has 0 atom stereocenters. The topological polar surface area (TPSA) is 55.8 Å². The number of benzene rings is 1. The highest BCUT2D eigenvalue weighted by atomic mass is 16.5. The van der Waals surface area contributed by atoms with Crippen LogP contribution in [0, 0.1) is 5.41 Å². The fourth-order valence-electron chi connectivity index (χ4n) is 2.26. The number of aryl methyl sites for hydroxylation is 1. The number of aliphatic carboxylic acids is 1. The van der Waals surface area contributed by atoms with Crippen molar-refractivity contribution < 1.29 is 19.4 Å². The lowest BCUT2D eigenvalue weighted by atomic mass is 9.79. The van der Waals surface area contributed by atoms with Crippen LogP contribution in [0.1, 0.15) is 18.1 Å². The summed E-state index contributed by atoms with van der Waals surface area (Å²) in [6, 6.07) is 5.87. The van der Waals surface area contributed by atoms with Gasteiger partial charge in [-0.05, 0) is 30.0 Å². The zero-order valence-corrected chi connectivity index (χ0v) is 10.7.